The monoisotopic (exact) mass is 455 g/mol. The number of hydrogen-bond donors (Lipinski definition) is 2. The predicted octanol–water partition coefficient (Wildman–Crippen LogP) is 3.38. The van der Waals surface area contributed by atoms with Crippen LogP contribution in [0.3, 0.4) is 0 Å². The molecule has 0 aromatic heterocycles. The molecule has 33 heavy (non-hydrogen) atoms. The van der Waals surface area contributed by atoms with Gasteiger partial charge in [0.25, 0.3) is 0 Å². The SMILES string of the molecule is COC(C)(CNC(=O)C(=O)Nc1ccc2c(c1)N(C(=O)C(C)C)CCC2)c1ccccc1F. The van der Waals surface area contributed by atoms with E-state index < -0.39 is 23.2 Å². The minimum absolute atomic E-state index is 0.0177. The number of benzene rings is 2. The predicted molar refractivity (Wildman–Crippen MR) is 124 cm³/mol. The lowest BCUT2D eigenvalue weighted by atomic mass is 9.95. The summed E-state index contributed by atoms with van der Waals surface area (Å²) in [5, 5.41) is 5.10. The molecule has 3 rings (SSSR count). The van der Waals surface area contributed by atoms with Crippen LogP contribution in [-0.4, -0.2) is 37.9 Å². The molecule has 176 valence electrons. The molecule has 2 N–H and O–H groups in total. The summed E-state index contributed by atoms with van der Waals surface area (Å²) in [6, 6.07) is 11.4. The second-order valence-corrected chi connectivity index (χ2v) is 8.64. The number of carbonyl (C=O) groups is 3. The minimum Gasteiger partial charge on any atom is -0.372 e. The van der Waals surface area contributed by atoms with Gasteiger partial charge in [0.15, 0.2) is 0 Å². The van der Waals surface area contributed by atoms with Crippen LogP contribution >= 0.6 is 0 Å². The molecule has 0 aliphatic carbocycles. The first-order valence-corrected chi connectivity index (χ1v) is 11.0. The van der Waals surface area contributed by atoms with Gasteiger partial charge in [-0.15, -0.1) is 0 Å². The van der Waals surface area contributed by atoms with Crippen LogP contribution in [0.1, 0.15) is 38.3 Å². The number of fused-ring (bicyclic) bond motifs is 1. The molecule has 0 saturated carbocycles. The zero-order chi connectivity index (χ0) is 24.2. The number of methoxy groups -OCH3 is 1. The molecule has 1 unspecified atom stereocenters. The van der Waals surface area contributed by atoms with Crippen molar-refractivity contribution in [2.45, 2.75) is 39.2 Å². The Morgan fingerprint density at radius 1 is 1.15 bits per heavy atom. The van der Waals surface area contributed by atoms with E-state index in [0.717, 1.165) is 24.1 Å². The third-order valence-corrected chi connectivity index (χ3v) is 5.91. The molecule has 0 spiro atoms. The molecule has 3 amide bonds. The Hall–Kier alpha value is -3.26. The molecular weight excluding hydrogens is 425 g/mol. The Balaban J connectivity index is 1.69. The number of rotatable bonds is 6. The van der Waals surface area contributed by atoms with E-state index >= 15 is 0 Å². The Morgan fingerprint density at radius 3 is 2.55 bits per heavy atom. The molecule has 7 nitrogen and oxygen atoms in total. The summed E-state index contributed by atoms with van der Waals surface area (Å²) in [6.07, 6.45) is 1.72. The maximum absolute atomic E-state index is 14.2. The number of halogens is 1. The van der Waals surface area contributed by atoms with Crippen molar-refractivity contribution in [2.24, 2.45) is 5.92 Å². The summed E-state index contributed by atoms with van der Waals surface area (Å²) in [5.74, 6) is -2.33. The lowest BCUT2D eigenvalue weighted by Crippen LogP contribution is -2.44. The fourth-order valence-electron chi connectivity index (χ4n) is 3.88. The van der Waals surface area contributed by atoms with E-state index in [9.17, 15) is 18.8 Å². The number of nitrogens with zero attached hydrogens (tertiary/aromatic N) is 1. The summed E-state index contributed by atoms with van der Waals surface area (Å²) in [5.41, 5.74) is 1.33. The van der Waals surface area contributed by atoms with E-state index in [0.29, 0.717) is 12.2 Å². The highest BCUT2D eigenvalue weighted by Gasteiger charge is 2.31. The first-order valence-electron chi connectivity index (χ1n) is 11.0. The molecule has 8 heteroatoms. The normalized spacial score (nSPS) is 14.9. The Morgan fingerprint density at radius 2 is 1.88 bits per heavy atom. The quantitative estimate of drug-likeness (QED) is 0.654. The van der Waals surface area contributed by atoms with Crippen molar-refractivity contribution in [3.8, 4) is 0 Å². The van der Waals surface area contributed by atoms with Crippen molar-refractivity contribution < 1.29 is 23.5 Å². The van der Waals surface area contributed by atoms with Crippen LogP contribution in [0.15, 0.2) is 42.5 Å². The van der Waals surface area contributed by atoms with E-state index in [-0.39, 0.29) is 23.9 Å². The van der Waals surface area contributed by atoms with Gasteiger partial charge in [-0.25, -0.2) is 4.39 Å². The molecule has 2 aromatic carbocycles. The second-order valence-electron chi connectivity index (χ2n) is 8.64. The van der Waals surface area contributed by atoms with Gasteiger partial charge in [-0.05, 0) is 43.5 Å². The van der Waals surface area contributed by atoms with Gasteiger partial charge in [0.2, 0.25) is 5.91 Å². The number of amides is 3. The first-order chi connectivity index (χ1) is 15.7. The van der Waals surface area contributed by atoms with Crippen LogP contribution in [0.2, 0.25) is 0 Å². The minimum atomic E-state index is -1.15. The van der Waals surface area contributed by atoms with E-state index in [2.05, 4.69) is 10.6 Å². The maximum atomic E-state index is 14.2. The summed E-state index contributed by atoms with van der Waals surface area (Å²) in [6.45, 7) is 5.85. The van der Waals surface area contributed by atoms with Crippen molar-refractivity contribution in [2.75, 3.05) is 30.4 Å². The third-order valence-electron chi connectivity index (χ3n) is 5.91. The van der Waals surface area contributed by atoms with Gasteiger partial charge in [-0.1, -0.05) is 38.1 Å². The summed E-state index contributed by atoms with van der Waals surface area (Å²) < 4.78 is 19.7. The van der Waals surface area contributed by atoms with Crippen molar-refractivity contribution in [1.82, 2.24) is 5.32 Å². The molecule has 0 fully saturated rings. The molecular formula is C25H30FN3O4. The topological polar surface area (TPSA) is 87.7 Å². The summed E-state index contributed by atoms with van der Waals surface area (Å²) in [4.78, 5) is 39.3. The van der Waals surface area contributed by atoms with Crippen molar-refractivity contribution in [1.29, 1.82) is 0 Å². The Labute approximate surface area is 193 Å². The lowest BCUT2D eigenvalue weighted by Gasteiger charge is -2.31. The van der Waals surface area contributed by atoms with Crippen LogP contribution in [0, 0.1) is 11.7 Å². The number of hydrogen-bond acceptors (Lipinski definition) is 4. The average Bonchev–Trinajstić information content (AvgIpc) is 2.81. The van der Waals surface area contributed by atoms with E-state index in [1.807, 2.05) is 19.9 Å². The third kappa shape index (κ3) is 5.39. The number of carbonyl (C=O) groups excluding carboxylic acids is 3. The largest absolute Gasteiger partial charge is 0.372 e. The van der Waals surface area contributed by atoms with Crippen LogP contribution in [0.5, 0.6) is 0 Å². The summed E-state index contributed by atoms with van der Waals surface area (Å²) in [7, 11) is 1.41. The van der Waals surface area contributed by atoms with Gasteiger partial charge in [-0.3, -0.25) is 14.4 Å². The molecule has 1 heterocycles. The molecule has 0 bridgehead atoms. The zero-order valence-electron chi connectivity index (χ0n) is 19.4. The zero-order valence-corrected chi connectivity index (χ0v) is 19.4. The van der Waals surface area contributed by atoms with Crippen LogP contribution in [0.4, 0.5) is 15.8 Å². The maximum Gasteiger partial charge on any atom is 0.313 e. The molecule has 2 aromatic rings. The van der Waals surface area contributed by atoms with Crippen molar-refractivity contribution >= 4 is 29.1 Å². The fraction of sp³-hybridized carbons (Fsp3) is 0.400. The van der Waals surface area contributed by atoms with Gasteiger partial charge in [0.1, 0.15) is 11.4 Å². The number of anilines is 2. The smallest absolute Gasteiger partial charge is 0.313 e. The highest BCUT2D eigenvalue weighted by atomic mass is 19.1. The van der Waals surface area contributed by atoms with Gasteiger partial charge < -0.3 is 20.3 Å². The van der Waals surface area contributed by atoms with Crippen molar-refractivity contribution in [3.05, 3.63) is 59.4 Å². The molecule has 1 aliphatic heterocycles. The highest BCUT2D eigenvalue weighted by molar-refractivity contribution is 6.39. The first kappa shape index (κ1) is 24.4. The molecule has 0 radical (unpaired) electrons. The van der Waals surface area contributed by atoms with Gasteiger partial charge in [0.05, 0.1) is 6.54 Å². The Kier molecular flexibility index (Phi) is 7.48. The number of aryl methyl sites for hydroxylation is 1. The van der Waals surface area contributed by atoms with Crippen molar-refractivity contribution in [3.63, 3.8) is 0 Å². The van der Waals surface area contributed by atoms with Gasteiger partial charge in [-0.2, -0.15) is 0 Å². The number of nitrogens with one attached hydrogen (secondary N) is 2. The van der Waals surface area contributed by atoms with Crippen LogP contribution < -0.4 is 15.5 Å². The van der Waals surface area contributed by atoms with Gasteiger partial charge in [0, 0.05) is 36.5 Å². The Bertz CT molecular complexity index is 1060. The van der Waals surface area contributed by atoms with E-state index in [4.69, 9.17) is 4.74 Å². The standard InChI is InChI=1S/C25H30FN3O4/c1-16(2)24(32)29-13-7-8-17-11-12-18(14-21(17)29)28-23(31)22(30)27-15-25(3,33-4)19-9-5-6-10-20(19)26/h5-6,9-12,14,16H,7-8,13,15H2,1-4H3,(H,27,30)(H,28,31). The highest BCUT2D eigenvalue weighted by Crippen LogP contribution is 2.31. The number of ether oxygens (including phenoxy) is 1. The van der Waals surface area contributed by atoms with E-state index in [1.165, 1.54) is 13.2 Å². The van der Waals surface area contributed by atoms with Crippen LogP contribution in [0.25, 0.3) is 0 Å². The molecule has 0 saturated heterocycles. The second kappa shape index (κ2) is 10.1. The molecule has 1 aliphatic rings. The summed E-state index contributed by atoms with van der Waals surface area (Å²) >= 11 is 0. The van der Waals surface area contributed by atoms with Gasteiger partial charge >= 0.3 is 11.8 Å². The average molecular weight is 456 g/mol. The van der Waals surface area contributed by atoms with Crippen LogP contribution in [-0.2, 0) is 31.1 Å². The molecule has 1 atom stereocenters. The lowest BCUT2D eigenvalue weighted by molar-refractivity contribution is -0.137. The van der Waals surface area contributed by atoms with E-state index in [1.54, 1.807) is 42.2 Å². The fourth-order valence-corrected chi connectivity index (χ4v) is 3.88.